The quantitative estimate of drug-likeness (QED) is 0.515. The fourth-order valence-corrected chi connectivity index (χ4v) is 5.44. The highest BCUT2D eigenvalue weighted by atomic mass is 35.5. The van der Waals surface area contributed by atoms with Gasteiger partial charge in [0.2, 0.25) is 11.7 Å². The molecule has 1 spiro atoms. The number of fused-ring (bicyclic) bond motifs is 2. The monoisotopic (exact) mass is 436 g/mol. The normalized spacial score (nSPS) is 18.7. The third-order valence-corrected chi connectivity index (χ3v) is 6.76. The molecular formula is C22H25ClN8. The Balaban J connectivity index is 1.16. The Morgan fingerprint density at radius 1 is 1.16 bits per heavy atom. The zero-order valence-corrected chi connectivity index (χ0v) is 18.4. The molecule has 2 aliphatic rings. The molecule has 6 rings (SSSR count). The summed E-state index contributed by atoms with van der Waals surface area (Å²) in [5.74, 6) is 2.00. The summed E-state index contributed by atoms with van der Waals surface area (Å²) in [6, 6.07) is 2.49. The van der Waals surface area contributed by atoms with Gasteiger partial charge in [-0.05, 0) is 30.2 Å². The second kappa shape index (κ2) is 6.90. The van der Waals surface area contributed by atoms with Crippen molar-refractivity contribution in [2.24, 2.45) is 11.3 Å². The van der Waals surface area contributed by atoms with Gasteiger partial charge in [-0.25, -0.2) is 19.5 Å². The largest absolute Gasteiger partial charge is 0.350 e. The molecule has 5 heterocycles. The Morgan fingerprint density at radius 3 is 2.77 bits per heavy atom. The highest BCUT2D eigenvalue weighted by Crippen LogP contribution is 2.49. The second-order valence-electron chi connectivity index (χ2n) is 9.55. The Kier molecular flexibility index (Phi) is 4.23. The first-order chi connectivity index (χ1) is 15.0. The molecule has 0 unspecified atom stereocenters. The summed E-state index contributed by atoms with van der Waals surface area (Å²) in [7, 11) is 0. The van der Waals surface area contributed by atoms with E-state index in [1.165, 1.54) is 32.5 Å². The van der Waals surface area contributed by atoms with E-state index in [0.29, 0.717) is 28.3 Å². The van der Waals surface area contributed by atoms with Gasteiger partial charge in [0, 0.05) is 55.4 Å². The first-order valence-electron chi connectivity index (χ1n) is 10.8. The highest BCUT2D eigenvalue weighted by molar-refractivity contribution is 6.29. The average molecular weight is 437 g/mol. The van der Waals surface area contributed by atoms with E-state index in [4.69, 9.17) is 11.6 Å². The van der Waals surface area contributed by atoms with Gasteiger partial charge in [0.15, 0.2) is 0 Å². The van der Waals surface area contributed by atoms with Crippen molar-refractivity contribution in [2.75, 3.05) is 25.0 Å². The summed E-state index contributed by atoms with van der Waals surface area (Å²) < 4.78 is 3.64. The molecule has 160 valence electrons. The van der Waals surface area contributed by atoms with E-state index in [1.807, 2.05) is 29.2 Å². The standard InChI is InChI=1S/C22H25ClN8/c1-14(2)10-29-12-22(13-29)5-16(6-22)27-20-24-8-18-17(3-4-31(18)28-20)15-7-25-21-26-9-19(23)30(21)11-15/h3-4,7-9,11,14,16H,5-6,10,12-13H2,1-2H3,(H,27,28). The predicted octanol–water partition coefficient (Wildman–Crippen LogP) is 3.62. The Bertz CT molecular complexity index is 1260. The van der Waals surface area contributed by atoms with Crippen LogP contribution in [0, 0.1) is 11.3 Å². The number of anilines is 1. The van der Waals surface area contributed by atoms with Crippen LogP contribution < -0.4 is 5.32 Å². The van der Waals surface area contributed by atoms with E-state index in [2.05, 4.69) is 44.1 Å². The molecule has 0 radical (unpaired) electrons. The van der Waals surface area contributed by atoms with Crippen molar-refractivity contribution < 1.29 is 0 Å². The van der Waals surface area contributed by atoms with Crippen LogP contribution >= 0.6 is 11.6 Å². The molecule has 0 amide bonds. The summed E-state index contributed by atoms with van der Waals surface area (Å²) in [5.41, 5.74) is 3.40. The lowest BCUT2D eigenvalue weighted by molar-refractivity contribution is -0.0711. The highest BCUT2D eigenvalue weighted by Gasteiger charge is 2.52. The molecule has 31 heavy (non-hydrogen) atoms. The third kappa shape index (κ3) is 3.25. The Morgan fingerprint density at radius 2 is 1.97 bits per heavy atom. The number of likely N-dealkylation sites (tertiary alicyclic amines) is 1. The van der Waals surface area contributed by atoms with Gasteiger partial charge in [-0.2, -0.15) is 0 Å². The molecule has 1 aliphatic carbocycles. The fourth-order valence-electron chi connectivity index (χ4n) is 5.27. The first-order valence-corrected chi connectivity index (χ1v) is 11.2. The fraction of sp³-hybridized carbons (Fsp3) is 0.455. The van der Waals surface area contributed by atoms with Crippen LogP contribution in [0.25, 0.3) is 22.4 Å². The van der Waals surface area contributed by atoms with E-state index in [1.54, 1.807) is 16.8 Å². The Labute approximate surface area is 185 Å². The number of rotatable bonds is 5. The van der Waals surface area contributed by atoms with Crippen molar-refractivity contribution in [3.8, 4) is 11.1 Å². The minimum atomic E-state index is 0.462. The van der Waals surface area contributed by atoms with Gasteiger partial charge in [-0.15, -0.1) is 5.10 Å². The summed E-state index contributed by atoms with van der Waals surface area (Å²) in [5, 5.41) is 8.74. The van der Waals surface area contributed by atoms with Crippen molar-refractivity contribution >= 4 is 28.8 Å². The molecular weight excluding hydrogens is 412 g/mol. The van der Waals surface area contributed by atoms with E-state index < -0.39 is 0 Å². The minimum Gasteiger partial charge on any atom is -0.350 e. The van der Waals surface area contributed by atoms with E-state index in [0.717, 1.165) is 22.6 Å². The molecule has 1 N–H and O–H groups in total. The van der Waals surface area contributed by atoms with Gasteiger partial charge in [-0.3, -0.25) is 4.40 Å². The average Bonchev–Trinajstić information content (AvgIpc) is 3.27. The lowest BCUT2D eigenvalue weighted by atomic mass is 9.60. The lowest BCUT2D eigenvalue weighted by Gasteiger charge is -2.59. The maximum absolute atomic E-state index is 6.20. The van der Waals surface area contributed by atoms with Crippen molar-refractivity contribution in [3.05, 3.63) is 42.2 Å². The van der Waals surface area contributed by atoms with Gasteiger partial charge in [0.1, 0.15) is 5.15 Å². The summed E-state index contributed by atoms with van der Waals surface area (Å²) in [4.78, 5) is 15.7. The summed E-state index contributed by atoms with van der Waals surface area (Å²) in [6.45, 7) is 8.27. The van der Waals surface area contributed by atoms with Crippen molar-refractivity contribution in [1.29, 1.82) is 0 Å². The van der Waals surface area contributed by atoms with Gasteiger partial charge >= 0.3 is 0 Å². The van der Waals surface area contributed by atoms with Crippen molar-refractivity contribution in [2.45, 2.75) is 32.7 Å². The third-order valence-electron chi connectivity index (χ3n) is 6.48. The van der Waals surface area contributed by atoms with Gasteiger partial charge in [0.25, 0.3) is 0 Å². The summed E-state index contributed by atoms with van der Waals surface area (Å²) >= 11 is 6.20. The van der Waals surface area contributed by atoms with Crippen LogP contribution in [-0.4, -0.2) is 59.5 Å². The van der Waals surface area contributed by atoms with Crippen LogP contribution in [0.2, 0.25) is 5.15 Å². The molecule has 9 heteroatoms. The van der Waals surface area contributed by atoms with Gasteiger partial charge < -0.3 is 10.2 Å². The van der Waals surface area contributed by atoms with E-state index in [9.17, 15) is 0 Å². The number of imidazole rings is 1. The Hall–Kier alpha value is -2.71. The second-order valence-corrected chi connectivity index (χ2v) is 9.93. The predicted molar refractivity (Wildman–Crippen MR) is 120 cm³/mol. The minimum absolute atomic E-state index is 0.462. The molecule has 2 fully saturated rings. The maximum Gasteiger partial charge on any atom is 0.241 e. The van der Waals surface area contributed by atoms with E-state index >= 15 is 0 Å². The molecule has 1 aliphatic heterocycles. The van der Waals surface area contributed by atoms with Crippen molar-refractivity contribution in [3.63, 3.8) is 0 Å². The molecule has 1 saturated carbocycles. The number of nitrogens with zero attached hydrogens (tertiary/aromatic N) is 7. The zero-order chi connectivity index (χ0) is 21.2. The number of hydrogen-bond acceptors (Lipinski definition) is 6. The topological polar surface area (TPSA) is 75.6 Å². The zero-order valence-electron chi connectivity index (χ0n) is 17.7. The first kappa shape index (κ1) is 19.0. The van der Waals surface area contributed by atoms with Crippen molar-refractivity contribution in [1.82, 2.24) is 33.9 Å². The number of aromatic nitrogens is 6. The molecule has 4 aromatic rings. The molecule has 4 aromatic heterocycles. The number of hydrogen-bond donors (Lipinski definition) is 1. The molecule has 1 saturated heterocycles. The summed E-state index contributed by atoms with van der Waals surface area (Å²) in [6.07, 6.45) is 11.6. The SMILES string of the molecule is CC(C)CN1CC2(CC(Nc3ncc4c(-c5cnc6ncc(Cl)n6c5)ccn4n3)C2)C1. The lowest BCUT2D eigenvalue weighted by Crippen LogP contribution is -2.65. The van der Waals surface area contributed by atoms with Crippen LogP contribution in [0.3, 0.4) is 0 Å². The van der Waals surface area contributed by atoms with Crippen LogP contribution in [0.15, 0.2) is 37.1 Å². The number of halogens is 1. The molecule has 0 bridgehead atoms. The smallest absolute Gasteiger partial charge is 0.241 e. The van der Waals surface area contributed by atoms with E-state index in [-0.39, 0.29) is 0 Å². The maximum atomic E-state index is 6.20. The number of nitrogens with one attached hydrogen (secondary N) is 1. The van der Waals surface area contributed by atoms with Crippen LogP contribution in [-0.2, 0) is 0 Å². The molecule has 0 aromatic carbocycles. The van der Waals surface area contributed by atoms with Crippen LogP contribution in [0.5, 0.6) is 0 Å². The molecule has 0 atom stereocenters. The van der Waals surface area contributed by atoms with Crippen LogP contribution in [0.1, 0.15) is 26.7 Å². The van der Waals surface area contributed by atoms with Gasteiger partial charge in [-0.1, -0.05) is 25.4 Å². The van der Waals surface area contributed by atoms with Gasteiger partial charge in [0.05, 0.1) is 17.9 Å². The van der Waals surface area contributed by atoms with Crippen LogP contribution in [0.4, 0.5) is 5.95 Å². The molecule has 8 nitrogen and oxygen atoms in total.